The number of alkyl carbamates (subject to hydrolysis) is 1. The largest absolute Gasteiger partial charge is 0.480 e. The second-order valence-electron chi connectivity index (χ2n) is 4.21. The van der Waals surface area contributed by atoms with Gasteiger partial charge in [-0.2, -0.15) is 0 Å². The van der Waals surface area contributed by atoms with Gasteiger partial charge in [0.1, 0.15) is 11.6 Å². The molecule has 0 heterocycles. The highest BCUT2D eigenvalue weighted by atomic mass is 16.6. The monoisotopic (exact) mass is 233 g/mol. The van der Waals surface area contributed by atoms with Crippen molar-refractivity contribution < 1.29 is 24.2 Å². The first-order valence-corrected chi connectivity index (χ1v) is 4.62. The molecule has 0 aliphatic carbocycles. The van der Waals surface area contributed by atoms with E-state index in [0.717, 1.165) is 0 Å². The molecule has 0 aromatic carbocycles. The average molecular weight is 233 g/mol. The summed E-state index contributed by atoms with van der Waals surface area (Å²) in [6, 6.07) is -1.37. The van der Waals surface area contributed by atoms with Crippen molar-refractivity contribution in [2.45, 2.75) is 38.8 Å². The van der Waals surface area contributed by atoms with Gasteiger partial charge >= 0.3 is 12.1 Å². The molecule has 0 aromatic rings. The third-order valence-electron chi connectivity index (χ3n) is 1.39. The van der Waals surface area contributed by atoms with E-state index in [4.69, 9.17) is 15.6 Å². The standard InChI is InChI=1S/C9H16N2O5/c1-9(2,3)16-8(15)11-5(7(13)14)4-6(10)12/h5H,4H2,1-3H3,(H2,10,12)(H,11,15)(H,13,14)/i7+1. The molecule has 0 saturated carbocycles. The topological polar surface area (TPSA) is 119 Å². The molecule has 0 fully saturated rings. The third-order valence-corrected chi connectivity index (χ3v) is 1.39. The molecule has 0 spiro atoms. The van der Waals surface area contributed by atoms with E-state index >= 15 is 0 Å². The van der Waals surface area contributed by atoms with Gasteiger partial charge in [0, 0.05) is 0 Å². The fourth-order valence-corrected chi connectivity index (χ4v) is 0.851. The molecule has 0 aliphatic heterocycles. The minimum Gasteiger partial charge on any atom is -0.480 e. The highest BCUT2D eigenvalue weighted by Crippen LogP contribution is 2.07. The number of aliphatic carboxylic acids is 1. The number of carbonyl (C=O) groups excluding carboxylic acids is 2. The lowest BCUT2D eigenvalue weighted by Crippen LogP contribution is -2.45. The van der Waals surface area contributed by atoms with E-state index in [2.05, 4.69) is 0 Å². The molecular formula is C9H16N2O5. The molecule has 7 nitrogen and oxygen atoms in total. The number of amides is 2. The molecule has 1 atom stereocenters. The summed E-state index contributed by atoms with van der Waals surface area (Å²) in [5, 5.41) is 10.7. The van der Waals surface area contributed by atoms with Gasteiger partial charge in [-0.15, -0.1) is 0 Å². The molecule has 0 aromatic heterocycles. The van der Waals surface area contributed by atoms with Crippen molar-refractivity contribution in [2.75, 3.05) is 0 Å². The first-order valence-electron chi connectivity index (χ1n) is 4.62. The van der Waals surface area contributed by atoms with Crippen LogP contribution in [-0.4, -0.2) is 34.7 Å². The van der Waals surface area contributed by atoms with Crippen LogP contribution in [-0.2, 0) is 14.3 Å². The molecule has 0 rings (SSSR count). The van der Waals surface area contributed by atoms with Crippen molar-refractivity contribution in [2.24, 2.45) is 5.73 Å². The average Bonchev–Trinajstić information content (AvgIpc) is 1.97. The van der Waals surface area contributed by atoms with Gasteiger partial charge in [-0.3, -0.25) is 4.79 Å². The lowest BCUT2D eigenvalue weighted by Gasteiger charge is -2.21. The maximum absolute atomic E-state index is 11.2. The van der Waals surface area contributed by atoms with Crippen molar-refractivity contribution in [3.63, 3.8) is 0 Å². The molecular weight excluding hydrogens is 217 g/mol. The Kier molecular flexibility index (Phi) is 4.74. The van der Waals surface area contributed by atoms with Crippen molar-refractivity contribution >= 4 is 18.0 Å². The zero-order chi connectivity index (χ0) is 12.9. The van der Waals surface area contributed by atoms with Crippen LogP contribution >= 0.6 is 0 Å². The van der Waals surface area contributed by atoms with E-state index < -0.39 is 36.0 Å². The molecule has 92 valence electrons. The molecule has 16 heavy (non-hydrogen) atoms. The Labute approximate surface area is 92.9 Å². The minimum atomic E-state index is -1.37. The van der Waals surface area contributed by atoms with Gasteiger partial charge in [0.2, 0.25) is 5.91 Å². The van der Waals surface area contributed by atoms with Crippen molar-refractivity contribution in [3.05, 3.63) is 0 Å². The number of nitrogens with one attached hydrogen (secondary N) is 1. The fourth-order valence-electron chi connectivity index (χ4n) is 0.851. The van der Waals surface area contributed by atoms with Crippen LogP contribution in [0.3, 0.4) is 0 Å². The van der Waals surface area contributed by atoms with E-state index in [-0.39, 0.29) is 0 Å². The SMILES string of the molecule is CC(C)(C)OC(=O)NC(CC(N)=O)[13C](=O)O. The van der Waals surface area contributed by atoms with E-state index in [1.54, 1.807) is 20.8 Å². The summed E-state index contributed by atoms with van der Waals surface area (Å²) in [7, 11) is 0. The zero-order valence-electron chi connectivity index (χ0n) is 9.44. The summed E-state index contributed by atoms with van der Waals surface area (Å²) < 4.78 is 4.83. The molecule has 0 bridgehead atoms. The number of primary amides is 1. The van der Waals surface area contributed by atoms with Gasteiger partial charge in [-0.1, -0.05) is 0 Å². The molecule has 0 saturated heterocycles. The maximum Gasteiger partial charge on any atom is 0.408 e. The Morgan fingerprint density at radius 3 is 2.19 bits per heavy atom. The van der Waals surface area contributed by atoms with E-state index in [1.807, 2.05) is 5.32 Å². The predicted octanol–water partition coefficient (Wildman–Crippen LogP) is -0.160. The quantitative estimate of drug-likeness (QED) is 0.583. The van der Waals surface area contributed by atoms with Gasteiger partial charge in [0.25, 0.3) is 0 Å². The summed E-state index contributed by atoms with van der Waals surface area (Å²) in [5.74, 6) is -2.16. The molecule has 2 amide bonds. The third kappa shape index (κ3) is 6.63. The van der Waals surface area contributed by atoms with E-state index in [9.17, 15) is 14.4 Å². The number of hydrogen-bond donors (Lipinski definition) is 3. The Hall–Kier alpha value is -1.79. The zero-order valence-corrected chi connectivity index (χ0v) is 9.44. The molecule has 4 N–H and O–H groups in total. The predicted molar refractivity (Wildman–Crippen MR) is 54.6 cm³/mol. The molecule has 0 aliphatic rings. The van der Waals surface area contributed by atoms with Crippen LogP contribution in [0.15, 0.2) is 0 Å². The lowest BCUT2D eigenvalue weighted by molar-refractivity contribution is -0.141. The fraction of sp³-hybridized carbons (Fsp3) is 0.667. The number of rotatable bonds is 4. The summed E-state index contributed by atoms with van der Waals surface area (Å²) in [6.07, 6.45) is -1.38. The Bertz CT molecular complexity index is 295. The number of nitrogens with two attached hydrogens (primary N) is 1. The minimum absolute atomic E-state index is 0.478. The number of carbonyl (C=O) groups is 3. The summed E-state index contributed by atoms with van der Waals surface area (Å²) in [4.78, 5) is 32.4. The Morgan fingerprint density at radius 1 is 1.38 bits per heavy atom. The highest BCUT2D eigenvalue weighted by Gasteiger charge is 2.25. The van der Waals surface area contributed by atoms with Crippen LogP contribution in [0.25, 0.3) is 0 Å². The van der Waals surface area contributed by atoms with E-state index in [1.165, 1.54) is 0 Å². The number of carboxylic acids is 1. The maximum atomic E-state index is 11.2. The second-order valence-corrected chi connectivity index (χ2v) is 4.21. The van der Waals surface area contributed by atoms with Gasteiger partial charge in [-0.25, -0.2) is 9.59 Å². The number of ether oxygens (including phenoxy) is 1. The molecule has 7 heteroatoms. The highest BCUT2D eigenvalue weighted by molar-refractivity contribution is 5.86. The van der Waals surface area contributed by atoms with Crippen molar-refractivity contribution in [1.82, 2.24) is 5.32 Å². The summed E-state index contributed by atoms with van der Waals surface area (Å²) in [5.41, 5.74) is 4.10. The van der Waals surface area contributed by atoms with Gasteiger partial charge in [-0.05, 0) is 20.8 Å². The Morgan fingerprint density at radius 2 is 1.88 bits per heavy atom. The first-order chi connectivity index (χ1) is 7.11. The van der Waals surface area contributed by atoms with Crippen LogP contribution in [0.1, 0.15) is 27.2 Å². The smallest absolute Gasteiger partial charge is 0.408 e. The van der Waals surface area contributed by atoms with Crippen LogP contribution in [0.5, 0.6) is 0 Å². The van der Waals surface area contributed by atoms with Crippen molar-refractivity contribution in [3.8, 4) is 0 Å². The number of carboxylic acid groups (broad SMARTS) is 1. The van der Waals surface area contributed by atoms with Crippen LogP contribution < -0.4 is 11.1 Å². The van der Waals surface area contributed by atoms with Gasteiger partial charge < -0.3 is 20.9 Å². The normalized spacial score (nSPS) is 12.7. The molecule has 1 unspecified atom stereocenters. The summed E-state index contributed by atoms with van der Waals surface area (Å²) >= 11 is 0. The molecule has 0 radical (unpaired) electrons. The van der Waals surface area contributed by atoms with E-state index in [0.29, 0.717) is 0 Å². The van der Waals surface area contributed by atoms with Gasteiger partial charge in [0.05, 0.1) is 6.42 Å². The van der Waals surface area contributed by atoms with Crippen LogP contribution in [0, 0.1) is 0 Å². The summed E-state index contributed by atoms with van der Waals surface area (Å²) in [6.45, 7) is 4.91. The first kappa shape index (κ1) is 14.2. The Balaban J connectivity index is 4.35. The number of hydrogen-bond acceptors (Lipinski definition) is 4. The van der Waals surface area contributed by atoms with Crippen molar-refractivity contribution in [1.29, 1.82) is 0 Å². The van der Waals surface area contributed by atoms with Gasteiger partial charge in [0.15, 0.2) is 0 Å². The van der Waals surface area contributed by atoms with Crippen LogP contribution in [0.4, 0.5) is 4.79 Å². The van der Waals surface area contributed by atoms with Crippen LogP contribution in [0.2, 0.25) is 0 Å². The lowest BCUT2D eigenvalue weighted by atomic mass is 10.2. The second kappa shape index (κ2) is 5.34.